The Morgan fingerprint density at radius 3 is 2.46 bits per heavy atom. The number of phenols is 1. The van der Waals surface area contributed by atoms with Crippen LogP contribution in [0.2, 0.25) is 5.02 Å². The second-order valence-electron chi connectivity index (χ2n) is 5.47. The van der Waals surface area contributed by atoms with Crippen LogP contribution in [0.3, 0.4) is 0 Å². The van der Waals surface area contributed by atoms with E-state index in [1.807, 2.05) is 0 Å². The van der Waals surface area contributed by atoms with Gasteiger partial charge in [-0.05, 0) is 18.2 Å². The number of carbonyl (C=O) groups is 1. The lowest BCUT2D eigenvalue weighted by Gasteiger charge is -2.11. The smallest absolute Gasteiger partial charge is 0.283 e. The number of benzene rings is 1. The summed E-state index contributed by atoms with van der Waals surface area (Å²) < 4.78 is 75.9. The number of anilines is 1. The molecule has 0 aliphatic carbocycles. The molecule has 154 valence electrons. The number of aromatic hydroxyl groups is 1. The highest BCUT2D eigenvalue weighted by Gasteiger charge is 2.28. The van der Waals surface area contributed by atoms with E-state index in [0.717, 1.165) is 18.2 Å². The first-order chi connectivity index (χ1) is 13.0. The number of halogens is 5. The van der Waals surface area contributed by atoms with Crippen molar-refractivity contribution in [2.24, 2.45) is 0 Å². The minimum Gasteiger partial charge on any atom is -0.506 e. The number of rotatable bonds is 7. The number of hydrogen-bond acceptors (Lipinski definition) is 5. The molecule has 0 aliphatic heterocycles. The van der Waals surface area contributed by atoms with Gasteiger partial charge in [-0.2, -0.15) is 5.10 Å². The molecule has 0 fully saturated rings. The third kappa shape index (κ3) is 4.55. The molecule has 0 bridgehead atoms. The fourth-order valence-corrected chi connectivity index (χ4v) is 3.45. The van der Waals surface area contributed by atoms with Crippen LogP contribution < -0.4 is 5.32 Å². The maximum atomic E-state index is 13.1. The maximum absolute atomic E-state index is 13.1. The Hall–Kier alpha value is -2.34. The summed E-state index contributed by atoms with van der Waals surface area (Å²) in [6, 6.07) is 3.14. The molecule has 28 heavy (non-hydrogen) atoms. The number of phenolic OH excluding ortho intramolecular Hbond substituents is 1. The van der Waals surface area contributed by atoms with Gasteiger partial charge < -0.3 is 10.4 Å². The van der Waals surface area contributed by atoms with Gasteiger partial charge >= 0.3 is 0 Å². The number of nitrogens with zero attached hydrogens (tertiary/aromatic N) is 2. The van der Waals surface area contributed by atoms with Gasteiger partial charge in [0.05, 0.1) is 21.4 Å². The lowest BCUT2D eigenvalue weighted by Crippen LogP contribution is -2.21. The van der Waals surface area contributed by atoms with E-state index in [1.165, 1.54) is 6.92 Å². The molecule has 1 heterocycles. The lowest BCUT2D eigenvalue weighted by atomic mass is 10.3. The minimum absolute atomic E-state index is 0.182. The Bertz CT molecular complexity index is 995. The van der Waals surface area contributed by atoms with E-state index in [9.17, 15) is 35.9 Å². The van der Waals surface area contributed by atoms with Crippen molar-refractivity contribution in [2.45, 2.75) is 31.2 Å². The van der Waals surface area contributed by atoms with Crippen molar-refractivity contribution < 1.29 is 35.9 Å². The summed E-state index contributed by atoms with van der Waals surface area (Å²) >= 11 is 5.49. The Balaban J connectivity index is 2.31. The molecule has 0 saturated heterocycles. The summed E-state index contributed by atoms with van der Waals surface area (Å²) in [4.78, 5) is 11.9. The van der Waals surface area contributed by atoms with Gasteiger partial charge in [-0.15, -0.1) is 0 Å². The highest BCUT2D eigenvalue weighted by molar-refractivity contribution is 7.91. The summed E-state index contributed by atoms with van der Waals surface area (Å²) in [5.74, 6) is -1.74. The number of nitrogens with one attached hydrogen (secondary N) is 1. The van der Waals surface area contributed by atoms with E-state index >= 15 is 0 Å². The van der Waals surface area contributed by atoms with Crippen molar-refractivity contribution in [3.05, 3.63) is 34.6 Å². The normalized spacial score (nSPS) is 12.0. The third-order valence-corrected chi connectivity index (χ3v) is 5.76. The van der Waals surface area contributed by atoms with Crippen molar-refractivity contribution in [3.8, 4) is 5.75 Å². The molecule has 0 unspecified atom stereocenters. The van der Waals surface area contributed by atoms with Crippen LogP contribution in [-0.4, -0.2) is 35.0 Å². The largest absolute Gasteiger partial charge is 0.506 e. The van der Waals surface area contributed by atoms with E-state index in [4.69, 9.17) is 11.6 Å². The first-order valence-electron chi connectivity index (χ1n) is 7.66. The summed E-state index contributed by atoms with van der Waals surface area (Å²) in [5, 5.41) is 14.2. The van der Waals surface area contributed by atoms with Crippen molar-refractivity contribution in [3.63, 3.8) is 0 Å². The predicted octanol–water partition coefficient (Wildman–Crippen LogP) is 3.55. The molecule has 0 atom stereocenters. The van der Waals surface area contributed by atoms with Gasteiger partial charge in [0.2, 0.25) is 5.91 Å². The summed E-state index contributed by atoms with van der Waals surface area (Å²) in [6.45, 7) is 0.477. The monoisotopic (exact) mass is 443 g/mol. The van der Waals surface area contributed by atoms with Crippen molar-refractivity contribution in [1.29, 1.82) is 0 Å². The zero-order valence-electron chi connectivity index (χ0n) is 14.2. The summed E-state index contributed by atoms with van der Waals surface area (Å²) in [7, 11) is -3.64. The van der Waals surface area contributed by atoms with Gasteiger partial charge in [0.15, 0.2) is 9.84 Å². The molecule has 0 aliphatic rings. The Morgan fingerprint density at radius 1 is 1.29 bits per heavy atom. The zero-order valence-corrected chi connectivity index (χ0v) is 15.7. The SMILES string of the molecule is CCS(=O)(=O)c1ccc(O)c(NC(=O)Cn2nc(C(F)F)c(Cl)c2C(F)F)c1. The standard InChI is InChI=1S/C15H14ClF4N3O4S/c1-2-28(26,27)7-3-4-9(24)8(5-7)21-10(25)6-23-13(15(19)20)11(16)12(22-23)14(17)18/h3-5,14-15,24H,2,6H2,1H3,(H,21,25). The van der Waals surface area contributed by atoms with E-state index in [0.29, 0.717) is 4.68 Å². The van der Waals surface area contributed by atoms with E-state index < -0.39 is 57.3 Å². The van der Waals surface area contributed by atoms with Crippen LogP contribution in [-0.2, 0) is 21.2 Å². The van der Waals surface area contributed by atoms with Gasteiger partial charge in [-0.25, -0.2) is 26.0 Å². The van der Waals surface area contributed by atoms with Crippen LogP contribution >= 0.6 is 11.6 Å². The van der Waals surface area contributed by atoms with Crippen LogP contribution in [0.4, 0.5) is 23.2 Å². The molecule has 2 N–H and O–H groups in total. The average Bonchev–Trinajstić information content (AvgIpc) is 2.93. The average molecular weight is 444 g/mol. The first kappa shape index (κ1) is 22.0. The Labute approximate surface area is 161 Å². The van der Waals surface area contributed by atoms with Crippen LogP contribution in [0, 0.1) is 0 Å². The molecule has 0 radical (unpaired) electrons. The van der Waals surface area contributed by atoms with Crippen LogP contribution in [0.15, 0.2) is 23.1 Å². The number of amides is 1. The highest BCUT2D eigenvalue weighted by atomic mass is 35.5. The fraction of sp³-hybridized carbons (Fsp3) is 0.333. The topological polar surface area (TPSA) is 101 Å². The lowest BCUT2D eigenvalue weighted by molar-refractivity contribution is -0.117. The van der Waals surface area contributed by atoms with Gasteiger partial charge in [-0.1, -0.05) is 18.5 Å². The second kappa shape index (κ2) is 8.35. The molecule has 1 aromatic heterocycles. The predicted molar refractivity (Wildman–Crippen MR) is 91.6 cm³/mol. The molecule has 2 rings (SSSR count). The molecule has 1 aromatic carbocycles. The summed E-state index contributed by atoms with van der Waals surface area (Å²) in [6.07, 6.45) is -6.50. The molecule has 13 heteroatoms. The Morgan fingerprint density at radius 2 is 1.93 bits per heavy atom. The van der Waals surface area contributed by atoms with E-state index in [1.54, 1.807) is 0 Å². The molecular formula is C15H14ClF4N3O4S. The molecule has 0 spiro atoms. The van der Waals surface area contributed by atoms with Crippen molar-refractivity contribution >= 4 is 33.0 Å². The van der Waals surface area contributed by atoms with Gasteiger partial charge in [0.1, 0.15) is 23.7 Å². The van der Waals surface area contributed by atoms with Crippen LogP contribution in [0.5, 0.6) is 5.75 Å². The molecule has 7 nitrogen and oxygen atoms in total. The number of carbonyl (C=O) groups excluding carboxylic acids is 1. The molecule has 1 amide bonds. The Kier molecular flexibility index (Phi) is 6.55. The molecular weight excluding hydrogens is 430 g/mol. The minimum atomic E-state index is -3.64. The molecule has 2 aromatic rings. The van der Waals surface area contributed by atoms with E-state index in [2.05, 4.69) is 10.4 Å². The molecule has 0 saturated carbocycles. The third-order valence-electron chi connectivity index (χ3n) is 3.64. The fourth-order valence-electron chi connectivity index (χ4n) is 2.24. The number of aromatic nitrogens is 2. The highest BCUT2D eigenvalue weighted by Crippen LogP contribution is 2.34. The zero-order chi connectivity index (χ0) is 21.2. The van der Waals surface area contributed by atoms with Crippen molar-refractivity contribution in [1.82, 2.24) is 9.78 Å². The van der Waals surface area contributed by atoms with Crippen LogP contribution in [0.25, 0.3) is 0 Å². The van der Waals surface area contributed by atoms with Gasteiger partial charge in [-0.3, -0.25) is 9.48 Å². The quantitative estimate of drug-likeness (QED) is 0.503. The van der Waals surface area contributed by atoms with E-state index in [-0.39, 0.29) is 16.3 Å². The second-order valence-corrected chi connectivity index (χ2v) is 8.13. The van der Waals surface area contributed by atoms with Gasteiger partial charge in [0, 0.05) is 0 Å². The van der Waals surface area contributed by atoms with Crippen LogP contribution in [0.1, 0.15) is 31.2 Å². The first-order valence-corrected chi connectivity index (χ1v) is 9.69. The summed E-state index contributed by atoms with van der Waals surface area (Å²) in [5.41, 5.74) is -2.45. The number of hydrogen-bond donors (Lipinski definition) is 2. The number of alkyl halides is 4. The number of sulfone groups is 1. The van der Waals surface area contributed by atoms with Crippen molar-refractivity contribution in [2.75, 3.05) is 11.1 Å². The van der Waals surface area contributed by atoms with Gasteiger partial charge in [0.25, 0.3) is 12.9 Å². The maximum Gasteiger partial charge on any atom is 0.283 e.